The molecule has 0 spiro atoms. The quantitative estimate of drug-likeness (QED) is 0.512. The number of aromatic amines is 2. The van der Waals surface area contributed by atoms with Gasteiger partial charge in [0.15, 0.2) is 4.77 Å². The standard InChI is InChI=1S/C14H14N4O3S/c19-13-11-8-17(6-5-12(11)15-14(22)16-13)7-9-1-3-10(4-2-9)18(20)21/h1-4H,5-8H2,(H2,15,16,19,22). The molecule has 0 bridgehead atoms. The molecule has 1 aromatic heterocycles. The Balaban J connectivity index is 1.76. The van der Waals surface area contributed by atoms with Crippen LogP contribution in [-0.4, -0.2) is 26.3 Å². The van der Waals surface area contributed by atoms with Gasteiger partial charge in [-0.1, -0.05) is 12.1 Å². The van der Waals surface area contributed by atoms with Gasteiger partial charge >= 0.3 is 0 Å². The van der Waals surface area contributed by atoms with Crippen LogP contribution in [-0.2, 0) is 19.5 Å². The van der Waals surface area contributed by atoms with Gasteiger partial charge < -0.3 is 4.98 Å². The molecule has 1 aromatic carbocycles. The Morgan fingerprint density at radius 2 is 2.00 bits per heavy atom. The van der Waals surface area contributed by atoms with Crippen LogP contribution in [0.4, 0.5) is 5.69 Å². The lowest BCUT2D eigenvalue weighted by Gasteiger charge is -2.27. The molecule has 0 unspecified atom stereocenters. The normalized spacial score (nSPS) is 14.5. The minimum atomic E-state index is -0.414. The van der Waals surface area contributed by atoms with Crippen molar-refractivity contribution in [1.82, 2.24) is 14.9 Å². The zero-order valence-corrected chi connectivity index (χ0v) is 12.5. The van der Waals surface area contributed by atoms with E-state index < -0.39 is 4.92 Å². The summed E-state index contributed by atoms with van der Waals surface area (Å²) in [6.45, 7) is 1.99. The van der Waals surface area contributed by atoms with Crippen molar-refractivity contribution in [2.45, 2.75) is 19.5 Å². The van der Waals surface area contributed by atoms with Gasteiger partial charge in [-0.3, -0.25) is 24.8 Å². The fraction of sp³-hybridized carbons (Fsp3) is 0.286. The zero-order chi connectivity index (χ0) is 15.7. The molecule has 0 amide bonds. The Kier molecular flexibility index (Phi) is 3.86. The number of nitrogens with one attached hydrogen (secondary N) is 2. The van der Waals surface area contributed by atoms with Gasteiger partial charge in [0.1, 0.15) is 0 Å². The van der Waals surface area contributed by atoms with Crippen LogP contribution in [0.2, 0.25) is 0 Å². The molecular weight excluding hydrogens is 304 g/mol. The summed E-state index contributed by atoms with van der Waals surface area (Å²) >= 11 is 4.97. The van der Waals surface area contributed by atoms with Crippen LogP contribution in [0.15, 0.2) is 29.1 Å². The lowest BCUT2D eigenvalue weighted by molar-refractivity contribution is -0.384. The fourth-order valence-electron chi connectivity index (χ4n) is 2.63. The molecular formula is C14H14N4O3S. The number of nitro groups is 1. The largest absolute Gasteiger partial charge is 0.335 e. The van der Waals surface area contributed by atoms with Crippen molar-refractivity contribution >= 4 is 17.9 Å². The van der Waals surface area contributed by atoms with E-state index in [-0.39, 0.29) is 11.2 Å². The molecule has 1 aliphatic heterocycles. The Morgan fingerprint density at radius 1 is 1.27 bits per heavy atom. The van der Waals surface area contributed by atoms with Gasteiger partial charge in [-0.15, -0.1) is 0 Å². The van der Waals surface area contributed by atoms with E-state index in [1.54, 1.807) is 12.1 Å². The summed E-state index contributed by atoms with van der Waals surface area (Å²) < 4.78 is 0.354. The Hall–Kier alpha value is -2.32. The van der Waals surface area contributed by atoms with Crippen molar-refractivity contribution in [3.05, 3.63) is 66.3 Å². The topological polar surface area (TPSA) is 95.0 Å². The molecule has 0 saturated carbocycles. The molecule has 0 saturated heterocycles. The van der Waals surface area contributed by atoms with Crippen molar-refractivity contribution in [2.75, 3.05) is 6.54 Å². The number of aromatic nitrogens is 2. The first-order valence-corrected chi connectivity index (χ1v) is 7.24. The third-order valence-corrected chi connectivity index (χ3v) is 3.95. The Labute approximate surface area is 130 Å². The molecule has 1 aliphatic rings. The zero-order valence-electron chi connectivity index (χ0n) is 11.7. The van der Waals surface area contributed by atoms with Crippen LogP contribution in [0.25, 0.3) is 0 Å². The highest BCUT2D eigenvalue weighted by molar-refractivity contribution is 7.71. The predicted molar refractivity (Wildman–Crippen MR) is 83.2 cm³/mol. The minimum absolute atomic E-state index is 0.0803. The molecule has 114 valence electrons. The van der Waals surface area contributed by atoms with Gasteiger partial charge in [0.2, 0.25) is 0 Å². The van der Waals surface area contributed by atoms with Crippen LogP contribution in [0.5, 0.6) is 0 Å². The van der Waals surface area contributed by atoms with E-state index in [0.717, 1.165) is 24.2 Å². The first kappa shape index (κ1) is 14.6. The van der Waals surface area contributed by atoms with Gasteiger partial charge in [-0.2, -0.15) is 0 Å². The van der Waals surface area contributed by atoms with Crippen molar-refractivity contribution in [2.24, 2.45) is 0 Å². The number of rotatable bonds is 3. The van der Waals surface area contributed by atoms with E-state index in [2.05, 4.69) is 14.9 Å². The van der Waals surface area contributed by atoms with Gasteiger partial charge in [0.05, 0.1) is 10.5 Å². The Morgan fingerprint density at radius 3 is 2.68 bits per heavy atom. The van der Waals surface area contributed by atoms with Gasteiger partial charge in [0, 0.05) is 43.9 Å². The molecule has 0 aliphatic carbocycles. The summed E-state index contributed by atoms with van der Waals surface area (Å²) in [5.74, 6) is 0. The average molecular weight is 318 g/mol. The number of fused-ring (bicyclic) bond motifs is 1. The monoisotopic (exact) mass is 318 g/mol. The molecule has 0 radical (unpaired) electrons. The second-order valence-electron chi connectivity index (χ2n) is 5.25. The van der Waals surface area contributed by atoms with Crippen LogP contribution in [0, 0.1) is 14.9 Å². The number of benzene rings is 1. The highest BCUT2D eigenvalue weighted by Crippen LogP contribution is 2.18. The van der Waals surface area contributed by atoms with Crippen LogP contribution in [0.3, 0.4) is 0 Å². The molecule has 0 atom stereocenters. The predicted octanol–water partition coefficient (Wildman–Crippen LogP) is 1.90. The van der Waals surface area contributed by atoms with Crippen LogP contribution >= 0.6 is 12.2 Å². The number of hydrogen-bond donors (Lipinski definition) is 2. The number of nitro benzene ring substituents is 1. The van der Waals surface area contributed by atoms with E-state index in [9.17, 15) is 14.9 Å². The highest BCUT2D eigenvalue weighted by atomic mass is 32.1. The van der Waals surface area contributed by atoms with Crippen molar-refractivity contribution < 1.29 is 4.92 Å². The third kappa shape index (κ3) is 2.97. The summed E-state index contributed by atoms with van der Waals surface area (Å²) in [4.78, 5) is 30.0. The van der Waals surface area contributed by atoms with E-state index >= 15 is 0 Å². The summed E-state index contributed by atoms with van der Waals surface area (Å²) in [6, 6.07) is 6.49. The maximum Gasteiger partial charge on any atom is 0.269 e. The molecule has 3 rings (SSSR count). The highest BCUT2D eigenvalue weighted by Gasteiger charge is 2.19. The number of hydrogen-bond acceptors (Lipinski definition) is 5. The van der Waals surface area contributed by atoms with Gasteiger partial charge in [-0.25, -0.2) is 0 Å². The first-order valence-electron chi connectivity index (χ1n) is 6.83. The van der Waals surface area contributed by atoms with Crippen LogP contribution in [0.1, 0.15) is 16.8 Å². The fourth-order valence-corrected chi connectivity index (χ4v) is 2.84. The smallest absolute Gasteiger partial charge is 0.269 e. The summed E-state index contributed by atoms with van der Waals surface area (Å²) in [5, 5.41) is 10.6. The maximum atomic E-state index is 12.0. The Bertz CT molecular complexity index is 825. The minimum Gasteiger partial charge on any atom is -0.335 e. The van der Waals surface area contributed by atoms with E-state index in [1.165, 1.54) is 12.1 Å². The lowest BCUT2D eigenvalue weighted by Crippen LogP contribution is -2.35. The number of non-ortho nitro benzene ring substituents is 1. The SMILES string of the molecule is O=c1[nH]c(=S)[nH]c2c1CN(Cc1ccc([N+](=O)[O-])cc1)CC2. The van der Waals surface area contributed by atoms with E-state index in [1.807, 2.05) is 0 Å². The molecule has 8 heteroatoms. The van der Waals surface area contributed by atoms with Crippen molar-refractivity contribution in [3.8, 4) is 0 Å². The first-order chi connectivity index (χ1) is 10.5. The molecule has 7 nitrogen and oxygen atoms in total. The van der Waals surface area contributed by atoms with Crippen LogP contribution < -0.4 is 5.56 Å². The third-order valence-electron chi connectivity index (χ3n) is 3.74. The van der Waals surface area contributed by atoms with Gasteiger partial charge in [0.25, 0.3) is 11.2 Å². The summed E-state index contributed by atoms with van der Waals surface area (Å²) in [5.41, 5.74) is 2.52. The second-order valence-corrected chi connectivity index (χ2v) is 5.66. The molecule has 22 heavy (non-hydrogen) atoms. The molecule has 2 N–H and O–H groups in total. The molecule has 2 aromatic rings. The lowest BCUT2D eigenvalue weighted by atomic mass is 10.1. The summed E-state index contributed by atoms with van der Waals surface area (Å²) in [6.07, 6.45) is 0.732. The van der Waals surface area contributed by atoms with Gasteiger partial charge in [-0.05, 0) is 17.8 Å². The maximum absolute atomic E-state index is 12.0. The molecule has 2 heterocycles. The number of H-pyrrole nitrogens is 2. The second kappa shape index (κ2) is 5.82. The summed E-state index contributed by atoms with van der Waals surface area (Å²) in [7, 11) is 0. The van der Waals surface area contributed by atoms with Crippen molar-refractivity contribution in [1.29, 1.82) is 0 Å². The number of nitrogens with zero attached hydrogens (tertiary/aromatic N) is 2. The average Bonchev–Trinajstić information content (AvgIpc) is 2.48. The van der Waals surface area contributed by atoms with Crippen molar-refractivity contribution in [3.63, 3.8) is 0 Å². The van der Waals surface area contributed by atoms with E-state index in [4.69, 9.17) is 12.2 Å². The van der Waals surface area contributed by atoms with E-state index in [0.29, 0.717) is 23.4 Å². The molecule has 0 fully saturated rings.